The van der Waals surface area contributed by atoms with E-state index >= 15 is 0 Å². The third-order valence-corrected chi connectivity index (χ3v) is 5.74. The minimum Gasteiger partial charge on any atom is -0.201 e. The summed E-state index contributed by atoms with van der Waals surface area (Å²) < 4.78 is 68.7. The van der Waals surface area contributed by atoms with Gasteiger partial charge in [-0.05, 0) is 77.4 Å². The van der Waals surface area contributed by atoms with Crippen LogP contribution >= 0.6 is 0 Å². The summed E-state index contributed by atoms with van der Waals surface area (Å²) in [5.74, 6) is 0. The van der Waals surface area contributed by atoms with E-state index in [0.29, 0.717) is 22.3 Å². The lowest BCUT2D eigenvalue weighted by atomic mass is 9.87. The van der Waals surface area contributed by atoms with E-state index < -0.39 is 25.5 Å². The Morgan fingerprint density at radius 3 is 2.12 bits per heavy atom. The van der Waals surface area contributed by atoms with Crippen molar-refractivity contribution >= 4 is 0 Å². The molecule has 0 atom stereocenters. The number of aromatic nitrogens is 1. The van der Waals surface area contributed by atoms with E-state index in [-0.39, 0.29) is 11.1 Å². The maximum Gasteiger partial charge on any atom is 0.213 e. The number of benzene rings is 3. The molecule has 0 bridgehead atoms. The Balaban J connectivity index is 1.92. The fraction of sp³-hybridized carbons (Fsp3) is 0.281. The standard InChI is InChI=1S/C32H36N/c1-22-10-8-9-11-29(22)31-19-30(24(3)21-33(31)7)28-17-16-27(18-23(28)2)26-14-12-25(13-15-26)20-32(4,5)6/h8-19,21H,20H2,1-7H3/q+1/i2D3,3D3,20D2. The van der Waals surface area contributed by atoms with Crippen LogP contribution < -0.4 is 4.57 Å². The number of pyridine rings is 1. The second-order valence-electron chi connectivity index (χ2n) is 9.62. The van der Waals surface area contributed by atoms with Gasteiger partial charge >= 0.3 is 0 Å². The first-order valence-corrected chi connectivity index (χ1v) is 11.2. The van der Waals surface area contributed by atoms with E-state index in [2.05, 4.69) is 0 Å². The van der Waals surface area contributed by atoms with Crippen LogP contribution in [0.4, 0.5) is 0 Å². The second kappa shape index (κ2) is 8.98. The van der Waals surface area contributed by atoms with Gasteiger partial charge in [0, 0.05) is 28.2 Å². The summed E-state index contributed by atoms with van der Waals surface area (Å²) in [5.41, 5.74) is 4.88. The minimum atomic E-state index is -2.51. The quantitative estimate of drug-likeness (QED) is 0.282. The minimum absolute atomic E-state index is 0.0548. The molecule has 0 N–H and O–H groups in total. The van der Waals surface area contributed by atoms with Crippen molar-refractivity contribution in [2.45, 2.75) is 47.8 Å². The lowest BCUT2D eigenvalue weighted by molar-refractivity contribution is -0.660. The molecule has 0 aliphatic rings. The molecule has 1 aromatic heterocycles. The van der Waals surface area contributed by atoms with Crippen LogP contribution in [0.2, 0.25) is 0 Å². The van der Waals surface area contributed by atoms with Crippen molar-refractivity contribution in [2.75, 3.05) is 0 Å². The smallest absolute Gasteiger partial charge is 0.201 e. The van der Waals surface area contributed by atoms with Gasteiger partial charge in [-0.15, -0.1) is 0 Å². The van der Waals surface area contributed by atoms with Crippen molar-refractivity contribution in [1.82, 2.24) is 0 Å². The second-order valence-corrected chi connectivity index (χ2v) is 9.62. The third kappa shape index (κ3) is 5.09. The molecule has 0 spiro atoms. The fourth-order valence-corrected chi connectivity index (χ4v) is 4.14. The molecule has 0 amide bonds. The molecule has 168 valence electrons. The van der Waals surface area contributed by atoms with Crippen LogP contribution in [0.1, 0.15) is 54.0 Å². The van der Waals surface area contributed by atoms with Crippen LogP contribution in [0.3, 0.4) is 0 Å². The first-order valence-electron chi connectivity index (χ1n) is 15.2. The first-order chi connectivity index (χ1) is 18.8. The molecule has 0 radical (unpaired) electrons. The Morgan fingerprint density at radius 1 is 0.758 bits per heavy atom. The summed E-state index contributed by atoms with van der Waals surface area (Å²) in [4.78, 5) is 0. The lowest BCUT2D eigenvalue weighted by Crippen LogP contribution is -2.31. The van der Waals surface area contributed by atoms with E-state index in [0.717, 1.165) is 22.4 Å². The number of nitrogens with zero attached hydrogens (tertiary/aromatic N) is 1. The van der Waals surface area contributed by atoms with E-state index in [1.165, 1.54) is 0 Å². The highest BCUT2D eigenvalue weighted by atomic mass is 14.9. The molecule has 1 nitrogen and oxygen atoms in total. The van der Waals surface area contributed by atoms with Crippen LogP contribution in [0, 0.1) is 26.0 Å². The molecule has 3 aromatic carbocycles. The Morgan fingerprint density at radius 2 is 1.45 bits per heavy atom. The van der Waals surface area contributed by atoms with E-state index in [9.17, 15) is 0 Å². The van der Waals surface area contributed by atoms with Gasteiger partial charge in [0.05, 0.1) is 0 Å². The monoisotopic (exact) mass is 442 g/mol. The largest absolute Gasteiger partial charge is 0.213 e. The maximum absolute atomic E-state index is 8.56. The van der Waals surface area contributed by atoms with Crippen LogP contribution in [-0.2, 0) is 13.4 Å². The summed E-state index contributed by atoms with van der Waals surface area (Å²) >= 11 is 0. The van der Waals surface area contributed by atoms with E-state index in [1.807, 2.05) is 52.0 Å². The Bertz CT molecular complexity index is 1570. The molecular weight excluding hydrogens is 398 g/mol. The average molecular weight is 443 g/mol. The van der Waals surface area contributed by atoms with Gasteiger partial charge in [-0.2, -0.15) is 0 Å². The predicted molar refractivity (Wildman–Crippen MR) is 141 cm³/mol. The molecule has 0 saturated heterocycles. The van der Waals surface area contributed by atoms with Gasteiger partial charge in [-0.3, -0.25) is 0 Å². The van der Waals surface area contributed by atoms with Gasteiger partial charge in [-0.25, -0.2) is 4.57 Å². The summed E-state index contributed by atoms with van der Waals surface area (Å²) in [5, 5.41) is 0. The van der Waals surface area contributed by atoms with E-state index in [1.54, 1.807) is 66.3 Å². The summed E-state index contributed by atoms with van der Waals surface area (Å²) in [6, 6.07) is 21.7. The SMILES string of the molecule is [2H]C([2H])([2H])c1cc(-c2ccc(C([2H])([2H])C(C)(C)C)cc2)ccc1-c1cc(-c2ccccc2C)[n+](C)cc1C([2H])([2H])[2H]. The van der Waals surface area contributed by atoms with Crippen LogP contribution in [-0.4, -0.2) is 0 Å². The molecule has 1 heteroatoms. The summed E-state index contributed by atoms with van der Waals surface area (Å²) in [7, 11) is 1.79. The van der Waals surface area contributed by atoms with Crippen molar-refractivity contribution in [3.05, 3.63) is 101 Å². The normalized spacial score (nSPS) is 16.4. The third-order valence-electron chi connectivity index (χ3n) is 5.74. The molecule has 33 heavy (non-hydrogen) atoms. The van der Waals surface area contributed by atoms with Crippen LogP contribution in [0.5, 0.6) is 0 Å². The summed E-state index contributed by atoms with van der Waals surface area (Å²) in [6.07, 6.45) is 0.0202. The van der Waals surface area contributed by atoms with Gasteiger partial charge in [0.25, 0.3) is 0 Å². The van der Waals surface area contributed by atoms with Crippen molar-refractivity contribution in [2.24, 2.45) is 12.5 Å². The molecular formula is C32H36N+. The molecule has 4 aromatic rings. The average Bonchev–Trinajstić information content (AvgIpc) is 2.87. The van der Waals surface area contributed by atoms with Crippen molar-refractivity contribution in [3.63, 3.8) is 0 Å². The van der Waals surface area contributed by atoms with Crippen LogP contribution in [0.25, 0.3) is 33.5 Å². The zero-order chi connectivity index (χ0) is 30.5. The molecule has 0 fully saturated rings. The van der Waals surface area contributed by atoms with E-state index in [4.69, 9.17) is 11.0 Å². The fourth-order valence-electron chi connectivity index (χ4n) is 4.14. The van der Waals surface area contributed by atoms with Gasteiger partial charge < -0.3 is 0 Å². The highest BCUT2D eigenvalue weighted by Crippen LogP contribution is 2.33. The molecule has 0 saturated carbocycles. The Hall–Kier alpha value is -3.19. The lowest BCUT2D eigenvalue weighted by Gasteiger charge is -2.18. The first kappa shape index (κ1) is 14.9. The van der Waals surface area contributed by atoms with Gasteiger partial charge in [0.2, 0.25) is 5.69 Å². The number of rotatable bonds is 4. The highest BCUT2D eigenvalue weighted by molar-refractivity contribution is 5.77. The predicted octanol–water partition coefficient (Wildman–Crippen LogP) is 8.03. The Kier molecular flexibility index (Phi) is 4.04. The van der Waals surface area contributed by atoms with Gasteiger partial charge in [0.15, 0.2) is 6.20 Å². The van der Waals surface area contributed by atoms with Crippen molar-refractivity contribution in [1.29, 1.82) is 0 Å². The number of hydrogen-bond donors (Lipinski definition) is 0. The zero-order valence-electron chi connectivity index (χ0n) is 28.0. The molecule has 1 heterocycles. The van der Waals surface area contributed by atoms with Crippen LogP contribution in [0.15, 0.2) is 79.0 Å². The zero-order valence-corrected chi connectivity index (χ0v) is 20.0. The molecule has 0 unspecified atom stereocenters. The number of aryl methyl sites for hydroxylation is 4. The molecule has 0 aliphatic heterocycles. The van der Waals surface area contributed by atoms with Gasteiger partial charge in [0.1, 0.15) is 7.05 Å². The molecule has 0 aliphatic carbocycles. The number of hydrogen-bond acceptors (Lipinski definition) is 0. The van der Waals surface area contributed by atoms with Crippen molar-refractivity contribution < 1.29 is 15.5 Å². The molecule has 4 rings (SSSR count). The topological polar surface area (TPSA) is 3.88 Å². The Labute approximate surface area is 211 Å². The van der Waals surface area contributed by atoms with Crippen molar-refractivity contribution in [3.8, 4) is 33.5 Å². The summed E-state index contributed by atoms with van der Waals surface area (Å²) in [6.45, 7) is 2.55. The highest BCUT2D eigenvalue weighted by Gasteiger charge is 2.18. The van der Waals surface area contributed by atoms with Gasteiger partial charge in [-0.1, -0.05) is 81.4 Å². The maximum atomic E-state index is 8.56.